The van der Waals surface area contributed by atoms with E-state index < -0.39 is 0 Å². The fraction of sp³-hybridized carbons (Fsp3) is 0.333. The van der Waals surface area contributed by atoms with E-state index in [1.54, 1.807) is 19.2 Å². The van der Waals surface area contributed by atoms with Gasteiger partial charge in [0, 0.05) is 5.33 Å². The lowest BCUT2D eigenvalue weighted by atomic mass is 9.92. The van der Waals surface area contributed by atoms with Gasteiger partial charge in [0.25, 0.3) is 0 Å². The molecule has 0 saturated carbocycles. The summed E-state index contributed by atoms with van der Waals surface area (Å²) in [6.45, 7) is 1.97. The van der Waals surface area contributed by atoms with Gasteiger partial charge in [0.15, 0.2) is 0 Å². The zero-order chi connectivity index (χ0) is 15.2. The summed E-state index contributed by atoms with van der Waals surface area (Å²) in [5.74, 6) is 1.19. The molecule has 0 aliphatic rings. The molecule has 2 aromatic rings. The van der Waals surface area contributed by atoms with Gasteiger partial charge in [-0.15, -0.1) is 0 Å². The van der Waals surface area contributed by atoms with Gasteiger partial charge in [0.1, 0.15) is 11.6 Å². The molecule has 3 heteroatoms. The summed E-state index contributed by atoms with van der Waals surface area (Å²) in [5.41, 5.74) is 3.49. The Morgan fingerprint density at radius 3 is 2.62 bits per heavy atom. The third-order valence-electron chi connectivity index (χ3n) is 3.69. The Morgan fingerprint density at radius 2 is 1.95 bits per heavy atom. The summed E-state index contributed by atoms with van der Waals surface area (Å²) < 4.78 is 18.4. The smallest absolute Gasteiger partial charge is 0.123 e. The molecule has 2 aromatic carbocycles. The van der Waals surface area contributed by atoms with E-state index in [0.29, 0.717) is 5.92 Å². The predicted molar refractivity (Wildman–Crippen MR) is 88.8 cm³/mol. The van der Waals surface area contributed by atoms with Crippen molar-refractivity contribution < 1.29 is 9.13 Å². The lowest BCUT2D eigenvalue weighted by molar-refractivity contribution is 0.414. The summed E-state index contributed by atoms with van der Waals surface area (Å²) in [6, 6.07) is 13.2. The van der Waals surface area contributed by atoms with Crippen molar-refractivity contribution in [1.29, 1.82) is 0 Å². The van der Waals surface area contributed by atoms with Gasteiger partial charge in [-0.05, 0) is 66.6 Å². The van der Waals surface area contributed by atoms with Crippen molar-refractivity contribution >= 4 is 15.9 Å². The molecule has 0 aliphatic heterocycles. The maximum Gasteiger partial charge on any atom is 0.123 e. The molecule has 0 amide bonds. The van der Waals surface area contributed by atoms with Crippen LogP contribution in [-0.2, 0) is 12.8 Å². The van der Waals surface area contributed by atoms with Crippen LogP contribution in [0.15, 0.2) is 42.5 Å². The molecule has 0 N–H and O–H groups in total. The first-order valence-corrected chi connectivity index (χ1v) is 8.18. The second kappa shape index (κ2) is 7.60. The Labute approximate surface area is 134 Å². The average Bonchev–Trinajstić information content (AvgIpc) is 2.49. The van der Waals surface area contributed by atoms with Gasteiger partial charge in [-0.2, -0.15) is 0 Å². The molecule has 0 bridgehead atoms. The number of aryl methyl sites for hydroxylation is 1. The number of methoxy groups -OCH3 is 1. The maximum atomic E-state index is 13.2. The lowest BCUT2D eigenvalue weighted by Crippen LogP contribution is -2.11. The molecule has 1 unspecified atom stereocenters. The third-order valence-corrected chi connectivity index (χ3v) is 4.61. The molecular formula is C18H20BrFO. The van der Waals surface area contributed by atoms with Gasteiger partial charge in [0.05, 0.1) is 7.11 Å². The minimum Gasteiger partial charge on any atom is -0.497 e. The van der Waals surface area contributed by atoms with E-state index in [1.165, 1.54) is 11.1 Å². The molecule has 0 spiro atoms. The Morgan fingerprint density at radius 1 is 1.14 bits per heavy atom. The Kier molecular flexibility index (Phi) is 5.80. The first kappa shape index (κ1) is 16.0. The number of ether oxygens (including phenoxy) is 1. The van der Waals surface area contributed by atoms with E-state index in [2.05, 4.69) is 28.1 Å². The average molecular weight is 351 g/mol. The van der Waals surface area contributed by atoms with Crippen LogP contribution in [0, 0.1) is 18.7 Å². The molecule has 0 radical (unpaired) electrons. The lowest BCUT2D eigenvalue weighted by Gasteiger charge is -2.16. The summed E-state index contributed by atoms with van der Waals surface area (Å²) in [7, 11) is 1.68. The summed E-state index contributed by atoms with van der Waals surface area (Å²) in [6.07, 6.45) is 1.91. The highest BCUT2D eigenvalue weighted by molar-refractivity contribution is 9.09. The molecule has 1 nitrogen and oxygen atoms in total. The van der Waals surface area contributed by atoms with E-state index in [0.717, 1.165) is 29.5 Å². The highest BCUT2D eigenvalue weighted by atomic mass is 79.9. The number of rotatable bonds is 6. The van der Waals surface area contributed by atoms with Crippen molar-refractivity contribution in [3.05, 3.63) is 65.0 Å². The predicted octanol–water partition coefficient (Wildman–Crippen LogP) is 4.94. The van der Waals surface area contributed by atoms with Crippen LogP contribution in [0.4, 0.5) is 4.39 Å². The van der Waals surface area contributed by atoms with Crippen molar-refractivity contribution in [2.75, 3.05) is 12.4 Å². The fourth-order valence-electron chi connectivity index (χ4n) is 2.51. The number of alkyl halides is 1. The van der Waals surface area contributed by atoms with Gasteiger partial charge in [0.2, 0.25) is 0 Å². The highest BCUT2D eigenvalue weighted by Crippen LogP contribution is 2.22. The van der Waals surface area contributed by atoms with Crippen LogP contribution in [-0.4, -0.2) is 12.4 Å². The van der Waals surface area contributed by atoms with Crippen LogP contribution in [0.25, 0.3) is 0 Å². The molecule has 0 aliphatic carbocycles. The van der Waals surface area contributed by atoms with Gasteiger partial charge < -0.3 is 4.74 Å². The van der Waals surface area contributed by atoms with Crippen LogP contribution < -0.4 is 4.74 Å². The molecule has 2 rings (SSSR count). The Hall–Kier alpha value is -1.35. The highest BCUT2D eigenvalue weighted by Gasteiger charge is 2.12. The van der Waals surface area contributed by atoms with E-state index in [1.807, 2.05) is 25.1 Å². The summed E-state index contributed by atoms with van der Waals surface area (Å²) in [4.78, 5) is 0. The third kappa shape index (κ3) is 4.57. The number of hydrogen-bond acceptors (Lipinski definition) is 1. The minimum atomic E-state index is -0.167. The fourth-order valence-corrected chi connectivity index (χ4v) is 2.97. The first-order valence-electron chi connectivity index (χ1n) is 7.06. The van der Waals surface area contributed by atoms with Crippen molar-refractivity contribution in [2.45, 2.75) is 19.8 Å². The van der Waals surface area contributed by atoms with Gasteiger partial charge in [-0.3, -0.25) is 0 Å². The van der Waals surface area contributed by atoms with E-state index >= 15 is 0 Å². The second-order valence-electron chi connectivity index (χ2n) is 5.35. The van der Waals surface area contributed by atoms with Crippen molar-refractivity contribution in [1.82, 2.24) is 0 Å². The number of halogens is 2. The van der Waals surface area contributed by atoms with Gasteiger partial charge in [-0.1, -0.05) is 34.1 Å². The minimum absolute atomic E-state index is 0.167. The molecular weight excluding hydrogens is 331 g/mol. The monoisotopic (exact) mass is 350 g/mol. The normalized spacial score (nSPS) is 12.2. The van der Waals surface area contributed by atoms with Crippen LogP contribution in [0.2, 0.25) is 0 Å². The first-order chi connectivity index (χ1) is 10.1. The van der Waals surface area contributed by atoms with Crippen molar-refractivity contribution in [3.63, 3.8) is 0 Å². The maximum absolute atomic E-state index is 13.2. The van der Waals surface area contributed by atoms with E-state index in [4.69, 9.17) is 4.74 Å². The van der Waals surface area contributed by atoms with Gasteiger partial charge >= 0.3 is 0 Å². The zero-order valence-corrected chi connectivity index (χ0v) is 14.0. The molecule has 112 valence electrons. The number of hydrogen-bond donors (Lipinski definition) is 0. The van der Waals surface area contributed by atoms with Crippen molar-refractivity contribution in [2.24, 2.45) is 5.92 Å². The molecule has 21 heavy (non-hydrogen) atoms. The Bertz CT molecular complexity index is 598. The molecule has 0 heterocycles. The van der Waals surface area contributed by atoms with Gasteiger partial charge in [-0.25, -0.2) is 4.39 Å². The van der Waals surface area contributed by atoms with Crippen LogP contribution in [0.1, 0.15) is 16.7 Å². The molecule has 0 saturated heterocycles. The number of benzene rings is 2. The zero-order valence-electron chi connectivity index (χ0n) is 12.4. The summed E-state index contributed by atoms with van der Waals surface area (Å²) in [5, 5.41) is 0.918. The Balaban J connectivity index is 2.09. The van der Waals surface area contributed by atoms with Crippen LogP contribution in [0.5, 0.6) is 5.75 Å². The topological polar surface area (TPSA) is 9.23 Å². The second-order valence-corrected chi connectivity index (χ2v) is 6.00. The summed E-state index contributed by atoms with van der Waals surface area (Å²) >= 11 is 3.60. The van der Waals surface area contributed by atoms with Crippen LogP contribution in [0.3, 0.4) is 0 Å². The standard InChI is InChI=1S/C18H20BrFO/c1-13-8-17(20)7-6-16(13)10-15(12-19)9-14-4-3-5-18(11-14)21-2/h3-8,11,15H,9-10,12H2,1-2H3. The quantitative estimate of drug-likeness (QED) is 0.670. The molecule has 1 atom stereocenters. The largest absolute Gasteiger partial charge is 0.497 e. The van der Waals surface area contributed by atoms with E-state index in [-0.39, 0.29) is 5.82 Å². The van der Waals surface area contributed by atoms with Crippen LogP contribution >= 0.6 is 15.9 Å². The van der Waals surface area contributed by atoms with Crippen molar-refractivity contribution in [3.8, 4) is 5.75 Å². The molecule has 0 aromatic heterocycles. The molecule has 0 fully saturated rings. The van der Waals surface area contributed by atoms with E-state index in [9.17, 15) is 4.39 Å². The SMILES string of the molecule is COc1cccc(CC(CBr)Cc2ccc(F)cc2C)c1.